The number of ether oxygens (including phenoxy) is 1. The van der Waals surface area contributed by atoms with Crippen molar-refractivity contribution >= 4 is 17.5 Å². The quantitative estimate of drug-likeness (QED) is 0.833. The van der Waals surface area contributed by atoms with Gasteiger partial charge in [-0.1, -0.05) is 11.6 Å². The van der Waals surface area contributed by atoms with E-state index in [1.807, 2.05) is 11.8 Å². The van der Waals surface area contributed by atoms with Crippen LogP contribution in [0.3, 0.4) is 0 Å². The zero-order valence-electron chi connectivity index (χ0n) is 15.0. The number of rotatable bonds is 4. The number of aromatic nitrogens is 2. The molecule has 1 amide bonds. The molecule has 5 nitrogen and oxygen atoms in total. The van der Waals surface area contributed by atoms with E-state index < -0.39 is 0 Å². The number of aryl methyl sites for hydroxylation is 2. The highest BCUT2D eigenvalue weighted by Crippen LogP contribution is 2.27. The molecular weight excluding hydrogens is 338 g/mol. The van der Waals surface area contributed by atoms with Gasteiger partial charge in [0, 0.05) is 30.4 Å². The Morgan fingerprint density at radius 1 is 1.28 bits per heavy atom. The Balaban J connectivity index is 1.63. The number of hydrogen-bond acceptors (Lipinski definition) is 3. The van der Waals surface area contributed by atoms with Crippen LogP contribution in [0.25, 0.3) is 0 Å². The van der Waals surface area contributed by atoms with Gasteiger partial charge >= 0.3 is 0 Å². The standard InChI is InChI=1S/C19H24ClN3O2/c1-13-10-14(2)23(21-13)12-15-6-8-22(9-7-15)19(24)17-11-16(20)4-5-18(17)25-3/h4-5,10-11,15H,6-9,12H2,1-3H3. The Morgan fingerprint density at radius 3 is 2.60 bits per heavy atom. The van der Waals surface area contributed by atoms with Crippen molar-refractivity contribution in [2.45, 2.75) is 33.2 Å². The van der Waals surface area contributed by atoms with Gasteiger partial charge in [-0.05, 0) is 56.9 Å². The van der Waals surface area contributed by atoms with E-state index in [1.54, 1.807) is 25.3 Å². The van der Waals surface area contributed by atoms with Gasteiger partial charge < -0.3 is 9.64 Å². The van der Waals surface area contributed by atoms with Gasteiger partial charge in [0.2, 0.25) is 0 Å². The van der Waals surface area contributed by atoms with Crippen LogP contribution in [0.15, 0.2) is 24.3 Å². The average Bonchev–Trinajstić information content (AvgIpc) is 2.92. The summed E-state index contributed by atoms with van der Waals surface area (Å²) in [5.74, 6) is 1.10. The molecule has 0 atom stereocenters. The van der Waals surface area contributed by atoms with Crippen LogP contribution in [-0.4, -0.2) is 40.8 Å². The normalized spacial score (nSPS) is 15.4. The smallest absolute Gasteiger partial charge is 0.257 e. The van der Waals surface area contributed by atoms with E-state index in [2.05, 4.69) is 22.8 Å². The summed E-state index contributed by atoms with van der Waals surface area (Å²) in [5.41, 5.74) is 2.78. The summed E-state index contributed by atoms with van der Waals surface area (Å²) in [7, 11) is 1.57. The minimum absolute atomic E-state index is 0.0103. The van der Waals surface area contributed by atoms with Crippen LogP contribution in [0, 0.1) is 19.8 Å². The second-order valence-electron chi connectivity index (χ2n) is 6.69. The van der Waals surface area contributed by atoms with E-state index in [1.165, 1.54) is 5.69 Å². The second-order valence-corrected chi connectivity index (χ2v) is 7.13. The molecule has 1 saturated heterocycles. The van der Waals surface area contributed by atoms with Crippen LogP contribution >= 0.6 is 11.6 Å². The van der Waals surface area contributed by atoms with Crippen LogP contribution in [0.1, 0.15) is 34.6 Å². The lowest BCUT2D eigenvalue weighted by atomic mass is 9.96. The second kappa shape index (κ2) is 7.48. The molecule has 2 heterocycles. The number of halogens is 1. The maximum atomic E-state index is 12.8. The molecule has 3 rings (SSSR count). The highest BCUT2D eigenvalue weighted by Gasteiger charge is 2.26. The molecular formula is C19H24ClN3O2. The van der Waals surface area contributed by atoms with E-state index in [0.29, 0.717) is 22.3 Å². The Bertz CT molecular complexity index is 764. The minimum Gasteiger partial charge on any atom is -0.496 e. The lowest BCUT2D eigenvalue weighted by Gasteiger charge is -2.32. The van der Waals surface area contributed by atoms with E-state index in [9.17, 15) is 4.79 Å². The first-order chi connectivity index (χ1) is 12.0. The van der Waals surface area contributed by atoms with Gasteiger partial charge in [0.1, 0.15) is 5.75 Å². The van der Waals surface area contributed by atoms with Crippen LogP contribution < -0.4 is 4.74 Å². The highest BCUT2D eigenvalue weighted by molar-refractivity contribution is 6.31. The van der Waals surface area contributed by atoms with Crippen LogP contribution in [-0.2, 0) is 6.54 Å². The van der Waals surface area contributed by atoms with Crippen molar-refractivity contribution in [2.75, 3.05) is 20.2 Å². The van der Waals surface area contributed by atoms with E-state index in [0.717, 1.165) is 38.2 Å². The number of methoxy groups -OCH3 is 1. The molecule has 2 aromatic rings. The fraction of sp³-hybridized carbons (Fsp3) is 0.474. The average molecular weight is 362 g/mol. The molecule has 0 unspecified atom stereocenters. The van der Waals surface area contributed by atoms with E-state index in [4.69, 9.17) is 16.3 Å². The molecule has 1 fully saturated rings. The number of likely N-dealkylation sites (tertiary alicyclic amines) is 1. The molecule has 1 aliphatic rings. The number of benzene rings is 1. The molecule has 0 saturated carbocycles. The van der Waals surface area contributed by atoms with Crippen molar-refractivity contribution in [1.82, 2.24) is 14.7 Å². The summed E-state index contributed by atoms with van der Waals surface area (Å²) in [6.45, 7) is 6.52. The molecule has 25 heavy (non-hydrogen) atoms. The lowest BCUT2D eigenvalue weighted by Crippen LogP contribution is -2.39. The third-order valence-corrected chi connectivity index (χ3v) is 5.06. The fourth-order valence-corrected chi connectivity index (χ4v) is 3.61. The summed E-state index contributed by atoms with van der Waals surface area (Å²) >= 11 is 6.05. The third-order valence-electron chi connectivity index (χ3n) is 4.83. The summed E-state index contributed by atoms with van der Waals surface area (Å²) in [4.78, 5) is 14.7. The van der Waals surface area contributed by atoms with Crippen molar-refractivity contribution in [2.24, 2.45) is 5.92 Å². The maximum absolute atomic E-state index is 12.8. The molecule has 0 bridgehead atoms. The summed E-state index contributed by atoms with van der Waals surface area (Å²) in [6, 6.07) is 7.26. The fourth-order valence-electron chi connectivity index (χ4n) is 3.44. The zero-order chi connectivity index (χ0) is 18.0. The molecule has 1 aromatic carbocycles. The molecule has 6 heteroatoms. The maximum Gasteiger partial charge on any atom is 0.257 e. The molecule has 134 valence electrons. The Morgan fingerprint density at radius 2 is 2.00 bits per heavy atom. The van der Waals surface area contributed by atoms with Gasteiger partial charge in [-0.2, -0.15) is 5.10 Å². The monoisotopic (exact) mass is 361 g/mol. The number of nitrogens with zero attached hydrogens (tertiary/aromatic N) is 3. The van der Waals surface area contributed by atoms with E-state index >= 15 is 0 Å². The third kappa shape index (κ3) is 3.98. The topological polar surface area (TPSA) is 47.4 Å². The van der Waals surface area contributed by atoms with Crippen molar-refractivity contribution in [3.8, 4) is 5.75 Å². The van der Waals surface area contributed by atoms with Gasteiger partial charge in [-0.15, -0.1) is 0 Å². The molecule has 1 aromatic heterocycles. The SMILES string of the molecule is COc1ccc(Cl)cc1C(=O)N1CCC(Cn2nc(C)cc2C)CC1. The first-order valence-corrected chi connectivity index (χ1v) is 8.99. The van der Waals surface area contributed by atoms with Gasteiger partial charge in [-0.3, -0.25) is 9.48 Å². The summed E-state index contributed by atoms with van der Waals surface area (Å²) < 4.78 is 7.39. The molecule has 0 aliphatic carbocycles. The first kappa shape index (κ1) is 17.8. The van der Waals surface area contributed by atoms with Gasteiger partial charge in [0.25, 0.3) is 5.91 Å². The Hall–Kier alpha value is -2.01. The largest absolute Gasteiger partial charge is 0.496 e. The summed E-state index contributed by atoms with van der Waals surface area (Å²) in [6.07, 6.45) is 1.96. The lowest BCUT2D eigenvalue weighted by molar-refractivity contribution is 0.0677. The van der Waals surface area contributed by atoms with Crippen LogP contribution in [0.4, 0.5) is 0 Å². The van der Waals surface area contributed by atoms with Crippen molar-refractivity contribution < 1.29 is 9.53 Å². The number of amides is 1. The Kier molecular flexibility index (Phi) is 5.33. The van der Waals surface area contributed by atoms with Crippen molar-refractivity contribution in [3.63, 3.8) is 0 Å². The van der Waals surface area contributed by atoms with E-state index in [-0.39, 0.29) is 5.91 Å². The first-order valence-electron chi connectivity index (χ1n) is 8.62. The van der Waals surface area contributed by atoms with Crippen molar-refractivity contribution in [3.05, 3.63) is 46.2 Å². The van der Waals surface area contributed by atoms with Crippen LogP contribution in [0.2, 0.25) is 5.02 Å². The predicted octanol–water partition coefficient (Wildman–Crippen LogP) is 3.71. The van der Waals surface area contributed by atoms with Crippen LogP contribution in [0.5, 0.6) is 5.75 Å². The van der Waals surface area contributed by atoms with Crippen molar-refractivity contribution in [1.29, 1.82) is 0 Å². The van der Waals surface area contributed by atoms with Gasteiger partial charge in [-0.25, -0.2) is 0 Å². The summed E-state index contributed by atoms with van der Waals surface area (Å²) in [5, 5.41) is 5.09. The number of piperidine rings is 1. The molecule has 0 N–H and O–H groups in total. The number of carbonyl (C=O) groups excluding carboxylic acids is 1. The molecule has 0 spiro atoms. The molecule has 1 aliphatic heterocycles. The highest BCUT2D eigenvalue weighted by atomic mass is 35.5. The van der Waals surface area contributed by atoms with Gasteiger partial charge in [0.05, 0.1) is 18.4 Å². The molecule has 0 radical (unpaired) electrons. The minimum atomic E-state index is -0.0103. The Labute approximate surface area is 153 Å². The number of hydrogen-bond donors (Lipinski definition) is 0. The van der Waals surface area contributed by atoms with Gasteiger partial charge in [0.15, 0.2) is 0 Å². The number of carbonyl (C=O) groups is 1. The zero-order valence-corrected chi connectivity index (χ0v) is 15.7. The predicted molar refractivity (Wildman–Crippen MR) is 98.3 cm³/mol.